The second kappa shape index (κ2) is 8.08. The second-order valence-electron chi connectivity index (χ2n) is 6.78. The van der Waals surface area contributed by atoms with Gasteiger partial charge in [0.25, 0.3) is 5.91 Å². The maximum absolute atomic E-state index is 12.5. The molecule has 1 atom stereocenters. The summed E-state index contributed by atoms with van der Waals surface area (Å²) >= 11 is 0. The van der Waals surface area contributed by atoms with Gasteiger partial charge in [-0.25, -0.2) is 9.59 Å². The van der Waals surface area contributed by atoms with Crippen LogP contribution >= 0.6 is 0 Å². The Morgan fingerprint density at radius 1 is 1.04 bits per heavy atom. The first kappa shape index (κ1) is 19.4. The third kappa shape index (κ3) is 3.96. The molecule has 0 aliphatic heterocycles. The molecule has 0 unspecified atom stereocenters. The molecule has 6 heteroatoms. The predicted octanol–water partition coefficient (Wildman–Crippen LogP) is 3.39. The molecule has 1 aromatic heterocycles. The van der Waals surface area contributed by atoms with Crippen molar-refractivity contribution in [2.75, 3.05) is 7.11 Å². The number of carbonyl (C=O) groups is 2. The van der Waals surface area contributed by atoms with E-state index in [2.05, 4.69) is 5.32 Å². The zero-order chi connectivity index (χ0) is 20.3. The van der Waals surface area contributed by atoms with Gasteiger partial charge < -0.3 is 14.5 Å². The van der Waals surface area contributed by atoms with Crippen molar-refractivity contribution in [1.82, 2.24) is 5.32 Å². The van der Waals surface area contributed by atoms with Crippen LogP contribution in [0, 0.1) is 5.92 Å². The number of hydrogen-bond acceptors (Lipinski definition) is 5. The van der Waals surface area contributed by atoms with E-state index in [-0.39, 0.29) is 11.8 Å². The summed E-state index contributed by atoms with van der Waals surface area (Å²) in [7, 11) is 1.29. The molecule has 1 heterocycles. The summed E-state index contributed by atoms with van der Waals surface area (Å²) < 4.78 is 10.1. The zero-order valence-corrected chi connectivity index (χ0v) is 15.9. The number of amides is 1. The molecule has 3 rings (SSSR count). The van der Waals surface area contributed by atoms with Crippen LogP contribution in [0.4, 0.5) is 0 Å². The smallest absolute Gasteiger partial charge is 0.344 e. The van der Waals surface area contributed by atoms with Crippen molar-refractivity contribution in [3.8, 4) is 11.1 Å². The number of benzene rings is 2. The normalized spacial score (nSPS) is 12.0. The third-order valence-corrected chi connectivity index (χ3v) is 4.51. The Balaban J connectivity index is 1.85. The number of carbonyl (C=O) groups excluding carboxylic acids is 2. The van der Waals surface area contributed by atoms with Gasteiger partial charge in [-0.05, 0) is 35.7 Å². The molecule has 0 fully saturated rings. The number of para-hydroxylation sites is 1. The lowest BCUT2D eigenvalue weighted by atomic mass is 10.0. The van der Waals surface area contributed by atoms with E-state index < -0.39 is 17.6 Å². The largest absolute Gasteiger partial charge is 0.467 e. The van der Waals surface area contributed by atoms with Crippen LogP contribution in [-0.2, 0) is 9.53 Å². The molecule has 1 N–H and O–H groups in total. The van der Waals surface area contributed by atoms with E-state index in [0.717, 1.165) is 5.39 Å². The predicted molar refractivity (Wildman–Crippen MR) is 106 cm³/mol. The standard InChI is InChI=1S/C22H21NO5/c1-13(2)19(22(26)27-3)23-20(24)15-10-8-14(9-11-15)17-12-16-6-4-5-7-18(16)28-21(17)25/h4-13,19H,1-3H3,(H,23,24)/t19-/m0/s1. The molecule has 0 saturated heterocycles. The van der Waals surface area contributed by atoms with Crippen LogP contribution in [-0.4, -0.2) is 25.0 Å². The summed E-state index contributed by atoms with van der Waals surface area (Å²) in [6.45, 7) is 3.65. The summed E-state index contributed by atoms with van der Waals surface area (Å²) in [6.07, 6.45) is 0. The number of esters is 1. The van der Waals surface area contributed by atoms with E-state index in [4.69, 9.17) is 9.15 Å². The van der Waals surface area contributed by atoms with Crippen molar-refractivity contribution in [2.45, 2.75) is 19.9 Å². The summed E-state index contributed by atoms with van der Waals surface area (Å²) in [5.41, 5.74) is 1.52. The van der Waals surface area contributed by atoms with E-state index in [0.29, 0.717) is 22.3 Å². The molecule has 0 spiro atoms. The van der Waals surface area contributed by atoms with E-state index in [1.165, 1.54) is 7.11 Å². The lowest BCUT2D eigenvalue weighted by Crippen LogP contribution is -2.45. The highest BCUT2D eigenvalue weighted by atomic mass is 16.5. The van der Waals surface area contributed by atoms with Crippen LogP contribution in [0.3, 0.4) is 0 Å². The molecule has 2 aromatic carbocycles. The zero-order valence-electron chi connectivity index (χ0n) is 15.9. The van der Waals surface area contributed by atoms with Gasteiger partial charge in [0.1, 0.15) is 11.6 Å². The molecule has 1 amide bonds. The summed E-state index contributed by atoms with van der Waals surface area (Å²) in [5.74, 6) is -0.993. The van der Waals surface area contributed by atoms with E-state index in [9.17, 15) is 14.4 Å². The first-order chi connectivity index (χ1) is 13.4. The quantitative estimate of drug-likeness (QED) is 0.542. The van der Waals surface area contributed by atoms with Gasteiger partial charge >= 0.3 is 11.6 Å². The van der Waals surface area contributed by atoms with E-state index >= 15 is 0 Å². The molecule has 0 radical (unpaired) electrons. The van der Waals surface area contributed by atoms with E-state index in [1.54, 1.807) is 42.5 Å². The van der Waals surface area contributed by atoms with Gasteiger partial charge in [-0.15, -0.1) is 0 Å². The van der Waals surface area contributed by atoms with Crippen molar-refractivity contribution < 1.29 is 18.7 Å². The Hall–Kier alpha value is -3.41. The van der Waals surface area contributed by atoms with Crippen LogP contribution in [0.25, 0.3) is 22.1 Å². The molecule has 0 bridgehead atoms. The molecule has 0 saturated carbocycles. The Morgan fingerprint density at radius 2 is 1.71 bits per heavy atom. The van der Waals surface area contributed by atoms with Gasteiger partial charge in [0.05, 0.1) is 12.7 Å². The van der Waals surface area contributed by atoms with Gasteiger partial charge in [0, 0.05) is 10.9 Å². The molecule has 144 valence electrons. The number of methoxy groups -OCH3 is 1. The highest BCUT2D eigenvalue weighted by Crippen LogP contribution is 2.21. The fourth-order valence-electron chi connectivity index (χ4n) is 2.91. The first-order valence-electron chi connectivity index (χ1n) is 8.92. The van der Waals surface area contributed by atoms with Crippen LogP contribution in [0.15, 0.2) is 63.8 Å². The van der Waals surface area contributed by atoms with Gasteiger partial charge in [0.2, 0.25) is 0 Å². The summed E-state index contributed by atoms with van der Waals surface area (Å²) in [4.78, 5) is 36.6. The van der Waals surface area contributed by atoms with Gasteiger partial charge in [-0.3, -0.25) is 4.79 Å². The third-order valence-electron chi connectivity index (χ3n) is 4.51. The number of fused-ring (bicyclic) bond motifs is 1. The van der Waals surface area contributed by atoms with Gasteiger partial charge in [-0.2, -0.15) is 0 Å². The number of rotatable bonds is 5. The van der Waals surface area contributed by atoms with Crippen molar-refractivity contribution in [1.29, 1.82) is 0 Å². The second-order valence-corrected chi connectivity index (χ2v) is 6.78. The average Bonchev–Trinajstić information content (AvgIpc) is 2.70. The Labute approximate surface area is 162 Å². The van der Waals surface area contributed by atoms with Crippen molar-refractivity contribution in [3.63, 3.8) is 0 Å². The van der Waals surface area contributed by atoms with Crippen molar-refractivity contribution >= 4 is 22.8 Å². The first-order valence-corrected chi connectivity index (χ1v) is 8.92. The molecule has 28 heavy (non-hydrogen) atoms. The molecule has 0 aliphatic rings. The van der Waals surface area contributed by atoms with Crippen LogP contribution in [0.5, 0.6) is 0 Å². The minimum atomic E-state index is -0.732. The Bertz CT molecular complexity index is 1070. The maximum Gasteiger partial charge on any atom is 0.344 e. The molecule has 3 aromatic rings. The fraction of sp³-hybridized carbons (Fsp3) is 0.227. The van der Waals surface area contributed by atoms with Gasteiger partial charge in [-0.1, -0.05) is 44.2 Å². The van der Waals surface area contributed by atoms with Crippen LogP contribution < -0.4 is 10.9 Å². The van der Waals surface area contributed by atoms with Crippen LogP contribution in [0.2, 0.25) is 0 Å². The number of ether oxygens (including phenoxy) is 1. The van der Waals surface area contributed by atoms with Gasteiger partial charge in [0.15, 0.2) is 0 Å². The van der Waals surface area contributed by atoms with Crippen LogP contribution in [0.1, 0.15) is 24.2 Å². The average molecular weight is 379 g/mol. The monoisotopic (exact) mass is 379 g/mol. The summed E-state index contributed by atoms with van der Waals surface area (Å²) in [5, 5.41) is 3.50. The highest BCUT2D eigenvalue weighted by molar-refractivity contribution is 5.97. The van der Waals surface area contributed by atoms with Crippen molar-refractivity contribution in [2.24, 2.45) is 5.92 Å². The minimum Gasteiger partial charge on any atom is -0.467 e. The minimum absolute atomic E-state index is 0.113. The Morgan fingerprint density at radius 3 is 2.36 bits per heavy atom. The van der Waals surface area contributed by atoms with Crippen molar-refractivity contribution in [3.05, 3.63) is 70.6 Å². The maximum atomic E-state index is 12.5. The molecular weight excluding hydrogens is 358 g/mol. The molecule has 0 aliphatic carbocycles. The topological polar surface area (TPSA) is 85.6 Å². The molecule has 6 nitrogen and oxygen atoms in total. The molecular formula is C22H21NO5. The SMILES string of the molecule is COC(=O)[C@@H](NC(=O)c1ccc(-c2cc3ccccc3oc2=O)cc1)C(C)C. The summed E-state index contributed by atoms with van der Waals surface area (Å²) in [6, 6.07) is 14.9. The lowest BCUT2D eigenvalue weighted by Gasteiger charge is -2.19. The Kier molecular flexibility index (Phi) is 5.59. The fourth-order valence-corrected chi connectivity index (χ4v) is 2.91. The number of nitrogens with one attached hydrogen (secondary N) is 1. The number of hydrogen-bond donors (Lipinski definition) is 1. The highest BCUT2D eigenvalue weighted by Gasteiger charge is 2.25. The lowest BCUT2D eigenvalue weighted by molar-refractivity contribution is -0.144. The van der Waals surface area contributed by atoms with E-state index in [1.807, 2.05) is 26.0 Å².